The summed E-state index contributed by atoms with van der Waals surface area (Å²) < 4.78 is 5.34. The number of aromatic nitrogens is 2. The highest BCUT2D eigenvalue weighted by atomic mass is 35.5. The Morgan fingerprint density at radius 2 is 1.97 bits per heavy atom. The molecule has 2 N–H and O–H groups in total. The van der Waals surface area contributed by atoms with Gasteiger partial charge in [-0.2, -0.15) is 5.10 Å². The van der Waals surface area contributed by atoms with Crippen LogP contribution in [0.5, 0.6) is 5.75 Å². The maximum absolute atomic E-state index is 12.9. The van der Waals surface area contributed by atoms with Crippen molar-refractivity contribution in [2.75, 3.05) is 26.7 Å². The second-order valence-corrected chi connectivity index (χ2v) is 9.44. The number of likely N-dealkylation sites (tertiary alicyclic amines) is 1. The van der Waals surface area contributed by atoms with Crippen LogP contribution in [0.3, 0.4) is 0 Å². The standard InChI is InChI=1S/C26H29ClN4O2/c1-33-21-7-9-22-19(14-21)4-8-23-24(22)29-30-25(23)26(32)28-15-17-10-12-31(13-11-17)16-18-2-5-20(27)6-3-18/h2-3,5-7,9,14,17H,4,8,10-13,15-16H2,1H3,(H,28,32)(H,29,30). The first-order valence-electron chi connectivity index (χ1n) is 11.6. The van der Waals surface area contributed by atoms with Gasteiger partial charge in [-0.15, -0.1) is 0 Å². The SMILES string of the molecule is COc1ccc2c(c1)CCc1c-2n[nH]c1C(=O)NCC1CCN(Cc2ccc(Cl)cc2)CC1. The van der Waals surface area contributed by atoms with Gasteiger partial charge in [0, 0.05) is 29.2 Å². The number of hydrogen-bond acceptors (Lipinski definition) is 4. The number of piperidine rings is 1. The Bertz CT molecular complexity index is 1130. The Hall–Kier alpha value is -2.83. The van der Waals surface area contributed by atoms with E-state index in [-0.39, 0.29) is 5.91 Å². The van der Waals surface area contributed by atoms with Crippen LogP contribution in [-0.4, -0.2) is 47.7 Å². The average molecular weight is 465 g/mol. The molecule has 0 spiro atoms. The minimum atomic E-state index is -0.0516. The van der Waals surface area contributed by atoms with E-state index in [0.717, 1.165) is 72.9 Å². The normalized spacial score (nSPS) is 16.2. The highest BCUT2D eigenvalue weighted by Crippen LogP contribution is 2.35. The Labute approximate surface area is 199 Å². The minimum Gasteiger partial charge on any atom is -0.497 e. The summed E-state index contributed by atoms with van der Waals surface area (Å²) in [6.45, 7) is 3.74. The molecule has 172 valence electrons. The summed E-state index contributed by atoms with van der Waals surface area (Å²) in [6, 6.07) is 14.1. The first-order valence-corrected chi connectivity index (χ1v) is 12.0. The predicted octanol–water partition coefficient (Wildman–Crippen LogP) is 4.48. The number of aromatic amines is 1. The average Bonchev–Trinajstić information content (AvgIpc) is 3.29. The van der Waals surface area contributed by atoms with Gasteiger partial charge in [-0.25, -0.2) is 0 Å². The van der Waals surface area contributed by atoms with Crippen molar-refractivity contribution in [2.45, 2.75) is 32.2 Å². The van der Waals surface area contributed by atoms with E-state index in [0.29, 0.717) is 18.2 Å². The fourth-order valence-electron chi connectivity index (χ4n) is 4.94. The summed E-state index contributed by atoms with van der Waals surface area (Å²) >= 11 is 5.98. The lowest BCUT2D eigenvalue weighted by molar-refractivity contribution is 0.0929. The summed E-state index contributed by atoms with van der Waals surface area (Å²) in [4.78, 5) is 15.4. The molecule has 1 aliphatic carbocycles. The van der Waals surface area contributed by atoms with Crippen molar-refractivity contribution >= 4 is 17.5 Å². The molecule has 0 radical (unpaired) electrons. The lowest BCUT2D eigenvalue weighted by atomic mass is 9.88. The molecule has 6 nitrogen and oxygen atoms in total. The number of nitrogens with one attached hydrogen (secondary N) is 2. The van der Waals surface area contributed by atoms with E-state index in [1.54, 1.807) is 7.11 Å². The monoisotopic (exact) mass is 464 g/mol. The van der Waals surface area contributed by atoms with Crippen LogP contribution in [0, 0.1) is 5.92 Å². The zero-order valence-corrected chi connectivity index (χ0v) is 19.6. The number of halogens is 1. The highest BCUT2D eigenvalue weighted by molar-refractivity contribution is 6.30. The van der Waals surface area contributed by atoms with Crippen molar-refractivity contribution in [3.8, 4) is 17.0 Å². The number of H-pyrrole nitrogens is 1. The largest absolute Gasteiger partial charge is 0.497 e. The number of carbonyl (C=O) groups is 1. The first kappa shape index (κ1) is 22.0. The van der Waals surface area contributed by atoms with Crippen molar-refractivity contribution in [2.24, 2.45) is 5.92 Å². The van der Waals surface area contributed by atoms with E-state index < -0.39 is 0 Å². The quantitative estimate of drug-likeness (QED) is 0.564. The molecule has 1 amide bonds. The van der Waals surface area contributed by atoms with Crippen LogP contribution < -0.4 is 10.1 Å². The Morgan fingerprint density at radius 3 is 2.73 bits per heavy atom. The number of nitrogens with zero attached hydrogens (tertiary/aromatic N) is 2. The fourth-order valence-corrected chi connectivity index (χ4v) is 5.06. The predicted molar refractivity (Wildman–Crippen MR) is 130 cm³/mol. The second kappa shape index (κ2) is 9.57. The third-order valence-corrected chi connectivity index (χ3v) is 7.14. The number of hydrogen-bond donors (Lipinski definition) is 2. The minimum absolute atomic E-state index is 0.0516. The molecule has 1 aromatic heterocycles. The van der Waals surface area contributed by atoms with Gasteiger partial charge < -0.3 is 10.1 Å². The molecule has 0 saturated carbocycles. The third-order valence-electron chi connectivity index (χ3n) is 6.88. The Kier molecular flexibility index (Phi) is 6.38. The molecular formula is C26H29ClN4O2. The molecule has 0 unspecified atom stereocenters. The van der Waals surface area contributed by atoms with Crippen LogP contribution in [0.2, 0.25) is 5.02 Å². The van der Waals surface area contributed by atoms with Crippen LogP contribution in [-0.2, 0) is 19.4 Å². The van der Waals surface area contributed by atoms with Gasteiger partial charge >= 0.3 is 0 Å². The van der Waals surface area contributed by atoms with Crippen LogP contribution in [0.25, 0.3) is 11.3 Å². The number of amides is 1. The van der Waals surface area contributed by atoms with Crippen LogP contribution in [0.4, 0.5) is 0 Å². The van der Waals surface area contributed by atoms with Gasteiger partial charge in [0.1, 0.15) is 11.4 Å². The van der Waals surface area contributed by atoms with Gasteiger partial charge in [-0.05, 0) is 86.1 Å². The molecule has 5 rings (SSSR count). The zero-order valence-electron chi connectivity index (χ0n) is 18.9. The number of fused-ring (bicyclic) bond motifs is 3. The Morgan fingerprint density at radius 1 is 1.18 bits per heavy atom. The highest BCUT2D eigenvalue weighted by Gasteiger charge is 2.26. The summed E-state index contributed by atoms with van der Waals surface area (Å²) in [5.41, 5.74) is 6.09. The molecule has 0 bridgehead atoms. The summed E-state index contributed by atoms with van der Waals surface area (Å²) in [6.07, 6.45) is 3.86. The summed E-state index contributed by atoms with van der Waals surface area (Å²) in [5, 5.41) is 11.4. The van der Waals surface area contributed by atoms with Crippen molar-refractivity contribution in [3.63, 3.8) is 0 Å². The van der Waals surface area contributed by atoms with Crippen LogP contribution in [0.1, 0.15) is 40.0 Å². The van der Waals surface area contributed by atoms with Gasteiger partial charge in [-0.1, -0.05) is 23.7 Å². The number of rotatable bonds is 6. The topological polar surface area (TPSA) is 70.2 Å². The molecule has 2 aromatic carbocycles. The van der Waals surface area contributed by atoms with Crippen molar-refractivity contribution in [1.82, 2.24) is 20.4 Å². The number of benzene rings is 2. The molecule has 3 aromatic rings. The smallest absolute Gasteiger partial charge is 0.269 e. The third kappa shape index (κ3) is 4.77. The molecule has 2 aliphatic rings. The lowest BCUT2D eigenvalue weighted by Crippen LogP contribution is -2.38. The molecule has 1 fully saturated rings. The molecule has 33 heavy (non-hydrogen) atoms. The van der Waals surface area contributed by atoms with Crippen LogP contribution in [0.15, 0.2) is 42.5 Å². The molecule has 7 heteroatoms. The van der Waals surface area contributed by atoms with Crippen LogP contribution >= 0.6 is 11.6 Å². The van der Waals surface area contributed by atoms with Crippen molar-refractivity contribution in [1.29, 1.82) is 0 Å². The molecule has 1 saturated heterocycles. The zero-order chi connectivity index (χ0) is 22.8. The van der Waals surface area contributed by atoms with Crippen molar-refractivity contribution < 1.29 is 9.53 Å². The van der Waals surface area contributed by atoms with E-state index in [9.17, 15) is 4.79 Å². The Balaban J connectivity index is 1.15. The molecular weight excluding hydrogens is 436 g/mol. The number of aryl methyl sites for hydroxylation is 1. The van der Waals surface area contributed by atoms with E-state index >= 15 is 0 Å². The van der Waals surface area contributed by atoms with Gasteiger partial charge in [-0.3, -0.25) is 14.8 Å². The molecule has 2 heterocycles. The number of ether oxygens (including phenoxy) is 1. The second-order valence-electron chi connectivity index (χ2n) is 9.00. The van der Waals surface area contributed by atoms with Gasteiger partial charge in [0.05, 0.1) is 12.8 Å². The lowest BCUT2D eigenvalue weighted by Gasteiger charge is -2.32. The van der Waals surface area contributed by atoms with Gasteiger partial charge in [0.25, 0.3) is 5.91 Å². The van der Waals surface area contributed by atoms with Crippen molar-refractivity contribution in [3.05, 3.63) is 69.9 Å². The number of methoxy groups -OCH3 is 1. The maximum Gasteiger partial charge on any atom is 0.269 e. The van der Waals surface area contributed by atoms with E-state index in [4.69, 9.17) is 16.3 Å². The first-order chi connectivity index (χ1) is 16.1. The summed E-state index contributed by atoms with van der Waals surface area (Å²) in [5.74, 6) is 1.30. The molecule has 0 atom stereocenters. The van der Waals surface area contributed by atoms with E-state index in [1.165, 1.54) is 11.1 Å². The van der Waals surface area contributed by atoms with E-state index in [1.807, 2.05) is 24.3 Å². The summed E-state index contributed by atoms with van der Waals surface area (Å²) in [7, 11) is 1.68. The van der Waals surface area contributed by atoms with Gasteiger partial charge in [0.15, 0.2) is 0 Å². The number of carbonyl (C=O) groups excluding carboxylic acids is 1. The molecule has 1 aliphatic heterocycles. The fraction of sp³-hybridized carbons (Fsp3) is 0.385. The van der Waals surface area contributed by atoms with E-state index in [2.05, 4.69) is 38.6 Å². The maximum atomic E-state index is 12.9. The van der Waals surface area contributed by atoms with Gasteiger partial charge in [0.2, 0.25) is 0 Å².